The molecule has 0 aliphatic rings. The van der Waals surface area contributed by atoms with Crippen molar-refractivity contribution < 1.29 is 9.18 Å². The fourth-order valence-corrected chi connectivity index (χ4v) is 2.65. The Morgan fingerprint density at radius 3 is 2.60 bits per heavy atom. The van der Waals surface area contributed by atoms with E-state index in [9.17, 15) is 9.18 Å². The van der Waals surface area contributed by atoms with Gasteiger partial charge in [-0.25, -0.2) is 4.39 Å². The molecule has 0 fully saturated rings. The summed E-state index contributed by atoms with van der Waals surface area (Å²) in [7, 11) is 0. The summed E-state index contributed by atoms with van der Waals surface area (Å²) in [5.41, 5.74) is 1.73. The lowest BCUT2D eigenvalue weighted by molar-refractivity contribution is 0.112. The molecule has 0 spiro atoms. The maximum atomic E-state index is 13.7. The van der Waals surface area contributed by atoms with E-state index in [0.29, 0.717) is 36.1 Å². The molecule has 0 aliphatic carbocycles. The highest BCUT2D eigenvalue weighted by Crippen LogP contribution is 2.40. The zero-order valence-corrected chi connectivity index (χ0v) is 14.7. The van der Waals surface area contributed by atoms with E-state index in [1.807, 2.05) is 13.8 Å². The fourth-order valence-electron chi connectivity index (χ4n) is 2.39. The number of carbonyl (C=O) groups excluding carboxylic acids is 1. The van der Waals surface area contributed by atoms with Crippen LogP contribution in [0.5, 0.6) is 0 Å². The van der Waals surface area contributed by atoms with Crippen molar-refractivity contribution in [3.05, 3.63) is 52.3 Å². The van der Waals surface area contributed by atoms with Gasteiger partial charge in [-0.15, -0.1) is 11.5 Å². The predicted molar refractivity (Wildman–Crippen MR) is 97.6 cm³/mol. The van der Waals surface area contributed by atoms with Gasteiger partial charge in [0.1, 0.15) is 11.5 Å². The van der Waals surface area contributed by atoms with E-state index in [1.165, 1.54) is 18.2 Å². The minimum Gasteiger partial charge on any atom is -0.298 e. The van der Waals surface area contributed by atoms with Crippen molar-refractivity contribution in [2.75, 3.05) is 13.1 Å². The molecular formula is C19H17ClFN3O. The second kappa shape index (κ2) is 8.41. The molecule has 0 unspecified atom stereocenters. The number of halogens is 2. The monoisotopic (exact) mass is 357 g/mol. The SMILES string of the molecule is C#Cc1c(Cl)cc(C=O)c(-c2cccc(F)c2)c1/N=N/N(CC)CC. The quantitative estimate of drug-likeness (QED) is 0.305. The summed E-state index contributed by atoms with van der Waals surface area (Å²) in [4.78, 5) is 11.6. The topological polar surface area (TPSA) is 45.0 Å². The van der Waals surface area contributed by atoms with Gasteiger partial charge in [-0.1, -0.05) is 34.9 Å². The molecule has 2 aromatic rings. The van der Waals surface area contributed by atoms with E-state index in [4.69, 9.17) is 18.0 Å². The van der Waals surface area contributed by atoms with Crippen LogP contribution in [-0.2, 0) is 0 Å². The molecule has 128 valence electrons. The van der Waals surface area contributed by atoms with E-state index in [2.05, 4.69) is 16.3 Å². The predicted octanol–water partition coefficient (Wildman–Crippen LogP) is 5.28. The smallest absolute Gasteiger partial charge is 0.150 e. The highest BCUT2D eigenvalue weighted by molar-refractivity contribution is 6.33. The maximum Gasteiger partial charge on any atom is 0.150 e. The van der Waals surface area contributed by atoms with Gasteiger partial charge in [-0.3, -0.25) is 9.80 Å². The lowest BCUT2D eigenvalue weighted by Crippen LogP contribution is -2.14. The largest absolute Gasteiger partial charge is 0.298 e. The Morgan fingerprint density at radius 1 is 1.32 bits per heavy atom. The highest BCUT2D eigenvalue weighted by atomic mass is 35.5. The van der Waals surface area contributed by atoms with Crippen molar-refractivity contribution in [3.63, 3.8) is 0 Å². The summed E-state index contributed by atoms with van der Waals surface area (Å²) in [5, 5.41) is 10.3. The molecule has 0 aromatic heterocycles. The average molecular weight is 358 g/mol. The number of benzene rings is 2. The van der Waals surface area contributed by atoms with Gasteiger partial charge in [0.25, 0.3) is 0 Å². The van der Waals surface area contributed by atoms with Gasteiger partial charge < -0.3 is 0 Å². The van der Waals surface area contributed by atoms with Gasteiger partial charge in [-0.2, -0.15) is 0 Å². The highest BCUT2D eigenvalue weighted by Gasteiger charge is 2.18. The van der Waals surface area contributed by atoms with Crippen LogP contribution < -0.4 is 0 Å². The van der Waals surface area contributed by atoms with Crippen molar-refractivity contribution in [2.24, 2.45) is 10.3 Å². The summed E-state index contributed by atoms with van der Waals surface area (Å²) in [6, 6.07) is 7.32. The first-order valence-corrected chi connectivity index (χ1v) is 8.14. The zero-order valence-electron chi connectivity index (χ0n) is 14.0. The third-order valence-corrected chi connectivity index (χ3v) is 3.97. The number of rotatable bonds is 6. The van der Waals surface area contributed by atoms with Gasteiger partial charge in [0, 0.05) is 24.2 Å². The van der Waals surface area contributed by atoms with Crippen LogP contribution in [0.25, 0.3) is 11.1 Å². The summed E-state index contributed by atoms with van der Waals surface area (Å²) in [6.07, 6.45) is 6.22. The fraction of sp³-hybridized carbons (Fsp3) is 0.211. The van der Waals surface area contributed by atoms with E-state index < -0.39 is 5.82 Å². The van der Waals surface area contributed by atoms with E-state index in [-0.39, 0.29) is 16.3 Å². The van der Waals surface area contributed by atoms with Crippen LogP contribution in [0.2, 0.25) is 5.02 Å². The lowest BCUT2D eigenvalue weighted by atomic mass is 9.95. The Labute approximate surface area is 151 Å². The molecule has 0 radical (unpaired) electrons. The van der Waals surface area contributed by atoms with Crippen molar-refractivity contribution in [3.8, 4) is 23.5 Å². The third kappa shape index (κ3) is 4.04. The summed E-state index contributed by atoms with van der Waals surface area (Å²) < 4.78 is 13.7. The molecule has 0 bridgehead atoms. The molecule has 0 N–H and O–H groups in total. The van der Waals surface area contributed by atoms with Crippen molar-refractivity contribution in [1.82, 2.24) is 5.01 Å². The number of hydrogen-bond acceptors (Lipinski definition) is 3. The molecule has 0 amide bonds. The molecule has 2 aromatic carbocycles. The zero-order chi connectivity index (χ0) is 18.4. The second-order valence-electron chi connectivity index (χ2n) is 5.15. The Bertz CT molecular complexity index is 854. The molecule has 4 nitrogen and oxygen atoms in total. The van der Waals surface area contributed by atoms with Crippen LogP contribution in [0, 0.1) is 18.2 Å². The molecule has 0 saturated carbocycles. The van der Waals surface area contributed by atoms with E-state index in [0.717, 1.165) is 0 Å². The summed E-state index contributed by atoms with van der Waals surface area (Å²) in [5.74, 6) is 2.05. The van der Waals surface area contributed by atoms with Crippen molar-refractivity contribution in [2.45, 2.75) is 13.8 Å². The van der Waals surface area contributed by atoms with Crippen LogP contribution in [0.15, 0.2) is 40.7 Å². The van der Waals surface area contributed by atoms with E-state index >= 15 is 0 Å². The first kappa shape index (κ1) is 18.6. The summed E-state index contributed by atoms with van der Waals surface area (Å²) >= 11 is 6.20. The average Bonchev–Trinajstić information content (AvgIpc) is 2.62. The van der Waals surface area contributed by atoms with Crippen LogP contribution in [-0.4, -0.2) is 24.4 Å². The Balaban J connectivity index is 2.79. The second-order valence-corrected chi connectivity index (χ2v) is 5.55. The Hall–Kier alpha value is -2.71. The van der Waals surface area contributed by atoms with Crippen LogP contribution in [0.3, 0.4) is 0 Å². The minimum atomic E-state index is -0.432. The van der Waals surface area contributed by atoms with Crippen molar-refractivity contribution in [1.29, 1.82) is 0 Å². The molecule has 0 saturated heterocycles. The number of terminal acetylenes is 1. The Kier molecular flexibility index (Phi) is 6.26. The number of aldehydes is 1. The van der Waals surface area contributed by atoms with Crippen LogP contribution >= 0.6 is 11.6 Å². The number of carbonyl (C=O) groups is 1. The van der Waals surface area contributed by atoms with Gasteiger partial charge in [0.05, 0.1) is 10.6 Å². The van der Waals surface area contributed by atoms with E-state index in [1.54, 1.807) is 17.1 Å². The molecule has 2 rings (SSSR count). The first-order chi connectivity index (χ1) is 12.0. The van der Waals surface area contributed by atoms with Gasteiger partial charge in [-0.05, 0) is 37.6 Å². The molecule has 6 heteroatoms. The number of nitrogens with zero attached hydrogens (tertiary/aromatic N) is 3. The number of hydrogen-bond donors (Lipinski definition) is 0. The van der Waals surface area contributed by atoms with Gasteiger partial charge in [0.2, 0.25) is 0 Å². The summed E-state index contributed by atoms with van der Waals surface area (Å²) in [6.45, 7) is 5.18. The van der Waals surface area contributed by atoms with Crippen LogP contribution in [0.4, 0.5) is 10.1 Å². The minimum absolute atomic E-state index is 0.221. The van der Waals surface area contributed by atoms with Gasteiger partial charge in [0.15, 0.2) is 6.29 Å². The Morgan fingerprint density at radius 2 is 2.04 bits per heavy atom. The van der Waals surface area contributed by atoms with Gasteiger partial charge >= 0.3 is 0 Å². The van der Waals surface area contributed by atoms with Crippen molar-refractivity contribution >= 4 is 23.6 Å². The third-order valence-electron chi connectivity index (χ3n) is 3.67. The molecule has 0 atom stereocenters. The molecule has 0 aliphatic heterocycles. The maximum absolute atomic E-state index is 13.7. The molecule has 25 heavy (non-hydrogen) atoms. The first-order valence-electron chi connectivity index (χ1n) is 7.76. The molecule has 0 heterocycles. The van der Waals surface area contributed by atoms with Crippen LogP contribution in [0.1, 0.15) is 29.8 Å². The molecular weight excluding hydrogens is 341 g/mol. The lowest BCUT2D eigenvalue weighted by Gasteiger charge is -2.15. The standard InChI is InChI=1S/C19H17ClFN3O/c1-4-16-17(20)11-14(12-25)18(13-8-7-9-15(21)10-13)19(16)22-23-24(5-2)6-3/h1,7-12H,5-6H2,2-3H3/b23-22+. The normalized spacial score (nSPS) is 10.7.